The molecule has 3 rings (SSSR count). The summed E-state index contributed by atoms with van der Waals surface area (Å²) in [4.78, 5) is 16.9. The van der Waals surface area contributed by atoms with Gasteiger partial charge in [-0.2, -0.15) is 0 Å². The highest BCUT2D eigenvalue weighted by Gasteiger charge is 2.24. The Morgan fingerprint density at radius 1 is 1.35 bits per heavy atom. The summed E-state index contributed by atoms with van der Waals surface area (Å²) in [7, 11) is 0. The number of phenolic OH excluding ortho intramolecular Hbond substituents is 1. The van der Waals surface area contributed by atoms with Crippen molar-refractivity contribution in [1.29, 1.82) is 0 Å². The molecule has 1 aliphatic rings. The lowest BCUT2D eigenvalue weighted by atomic mass is 10.2. The van der Waals surface area contributed by atoms with Crippen LogP contribution in [0.3, 0.4) is 0 Å². The van der Waals surface area contributed by atoms with Crippen LogP contribution in [0.1, 0.15) is 12.5 Å². The molecule has 5 nitrogen and oxygen atoms in total. The van der Waals surface area contributed by atoms with E-state index in [0.717, 1.165) is 0 Å². The first-order valence-corrected chi connectivity index (χ1v) is 9.27. The molecule has 0 spiro atoms. The number of benzene rings is 2. The Morgan fingerprint density at radius 3 is 2.77 bits per heavy atom. The third kappa shape index (κ3) is 4.25. The summed E-state index contributed by atoms with van der Waals surface area (Å²) >= 11 is 4.55. The Labute approximate surface area is 162 Å². The van der Waals surface area contributed by atoms with E-state index in [0.29, 0.717) is 38.2 Å². The standard InChI is InChI=1S/C18H14BrFN2O3S/c1-2-25-15-7-10(13(19)9-14(15)23)8-16-17(24)22-18(26-16)21-12-5-3-11(20)4-6-12/h3-9,23H,2H2,1H3,(H,21,22,24). The third-order valence-electron chi connectivity index (χ3n) is 3.37. The zero-order valence-corrected chi connectivity index (χ0v) is 16.0. The second kappa shape index (κ2) is 7.92. The molecular formula is C18H14BrFN2O3S. The van der Waals surface area contributed by atoms with Gasteiger partial charge in [0.05, 0.1) is 17.2 Å². The number of nitrogens with one attached hydrogen (secondary N) is 1. The van der Waals surface area contributed by atoms with Gasteiger partial charge in [0.1, 0.15) is 5.82 Å². The van der Waals surface area contributed by atoms with E-state index in [-0.39, 0.29) is 17.5 Å². The summed E-state index contributed by atoms with van der Waals surface area (Å²) in [6, 6.07) is 8.84. The van der Waals surface area contributed by atoms with Gasteiger partial charge in [0.25, 0.3) is 5.91 Å². The van der Waals surface area contributed by atoms with Gasteiger partial charge in [0.15, 0.2) is 16.7 Å². The highest BCUT2D eigenvalue weighted by molar-refractivity contribution is 9.10. The first kappa shape index (κ1) is 18.5. The fourth-order valence-corrected chi connectivity index (χ4v) is 3.47. The summed E-state index contributed by atoms with van der Waals surface area (Å²) in [6.07, 6.45) is 1.68. The minimum Gasteiger partial charge on any atom is -0.504 e. The summed E-state index contributed by atoms with van der Waals surface area (Å²) in [5.74, 6) is -0.275. The number of hydrogen-bond acceptors (Lipinski definition) is 5. The van der Waals surface area contributed by atoms with Gasteiger partial charge in [-0.05, 0) is 66.7 Å². The fourth-order valence-electron chi connectivity index (χ4n) is 2.19. The minimum absolute atomic E-state index is 0.0166. The number of halogens is 2. The molecule has 0 radical (unpaired) electrons. The SMILES string of the molecule is CCOc1cc(C=C2SC(=Nc3ccc(F)cc3)NC2=O)c(Br)cc1O. The Morgan fingerprint density at radius 2 is 2.08 bits per heavy atom. The quantitative estimate of drug-likeness (QED) is 0.687. The van der Waals surface area contributed by atoms with Crippen molar-refractivity contribution in [3.8, 4) is 11.5 Å². The lowest BCUT2D eigenvalue weighted by Gasteiger charge is -2.08. The van der Waals surface area contributed by atoms with Crippen molar-refractivity contribution in [3.05, 3.63) is 57.2 Å². The van der Waals surface area contributed by atoms with Gasteiger partial charge >= 0.3 is 0 Å². The highest BCUT2D eigenvalue weighted by Crippen LogP contribution is 2.36. The van der Waals surface area contributed by atoms with E-state index >= 15 is 0 Å². The monoisotopic (exact) mass is 436 g/mol. The number of aromatic hydroxyl groups is 1. The predicted molar refractivity (Wildman–Crippen MR) is 104 cm³/mol. The van der Waals surface area contributed by atoms with Gasteiger partial charge in [-0.1, -0.05) is 15.9 Å². The van der Waals surface area contributed by atoms with E-state index in [1.54, 1.807) is 12.1 Å². The number of nitrogens with zero attached hydrogens (tertiary/aromatic N) is 1. The van der Waals surface area contributed by atoms with Crippen LogP contribution in [-0.2, 0) is 4.79 Å². The molecule has 0 saturated carbocycles. The molecule has 2 aromatic rings. The number of aliphatic imine (C=N–C) groups is 1. The predicted octanol–water partition coefficient (Wildman–Crippen LogP) is 4.58. The lowest BCUT2D eigenvalue weighted by molar-refractivity contribution is -0.115. The van der Waals surface area contributed by atoms with Gasteiger partial charge in [0, 0.05) is 4.47 Å². The average molecular weight is 437 g/mol. The van der Waals surface area contributed by atoms with Crippen molar-refractivity contribution >= 4 is 50.5 Å². The molecule has 1 heterocycles. The number of carbonyl (C=O) groups excluding carboxylic acids is 1. The van der Waals surface area contributed by atoms with E-state index < -0.39 is 0 Å². The molecule has 26 heavy (non-hydrogen) atoms. The molecule has 0 aliphatic carbocycles. The highest BCUT2D eigenvalue weighted by atomic mass is 79.9. The van der Waals surface area contributed by atoms with Crippen molar-refractivity contribution in [3.63, 3.8) is 0 Å². The Hall–Kier alpha value is -2.32. The average Bonchev–Trinajstić information content (AvgIpc) is 2.93. The lowest BCUT2D eigenvalue weighted by Crippen LogP contribution is -2.19. The van der Waals surface area contributed by atoms with E-state index in [1.807, 2.05) is 6.92 Å². The summed E-state index contributed by atoms with van der Waals surface area (Å²) in [5.41, 5.74) is 1.23. The van der Waals surface area contributed by atoms with Gasteiger partial charge in [-0.15, -0.1) is 0 Å². The summed E-state index contributed by atoms with van der Waals surface area (Å²) in [6.45, 7) is 2.23. The Balaban J connectivity index is 1.87. The van der Waals surface area contributed by atoms with Crippen LogP contribution in [0.4, 0.5) is 10.1 Å². The van der Waals surface area contributed by atoms with E-state index in [1.165, 1.54) is 42.1 Å². The molecular weight excluding hydrogens is 423 g/mol. The van der Waals surface area contributed by atoms with Gasteiger partial charge in [0.2, 0.25) is 0 Å². The number of phenols is 1. The Bertz CT molecular complexity index is 913. The maximum Gasteiger partial charge on any atom is 0.264 e. The van der Waals surface area contributed by atoms with Gasteiger partial charge in [-0.25, -0.2) is 9.38 Å². The second-order valence-electron chi connectivity index (χ2n) is 5.23. The first-order valence-electron chi connectivity index (χ1n) is 7.66. The second-order valence-corrected chi connectivity index (χ2v) is 7.12. The molecule has 0 unspecified atom stereocenters. The van der Waals surface area contributed by atoms with Crippen LogP contribution in [0.25, 0.3) is 6.08 Å². The molecule has 1 amide bonds. The molecule has 2 N–H and O–H groups in total. The van der Waals surface area contributed by atoms with Crippen LogP contribution in [-0.4, -0.2) is 22.8 Å². The maximum absolute atomic E-state index is 13.0. The molecule has 2 aromatic carbocycles. The smallest absolute Gasteiger partial charge is 0.264 e. The topological polar surface area (TPSA) is 70.9 Å². The van der Waals surface area contributed by atoms with Crippen molar-refractivity contribution in [1.82, 2.24) is 5.32 Å². The van der Waals surface area contributed by atoms with E-state index in [4.69, 9.17) is 4.74 Å². The number of amides is 1. The van der Waals surface area contributed by atoms with Gasteiger partial charge in [-0.3, -0.25) is 4.79 Å². The van der Waals surface area contributed by atoms with Crippen LogP contribution in [0.5, 0.6) is 11.5 Å². The number of thioether (sulfide) groups is 1. The van der Waals surface area contributed by atoms with Crippen LogP contribution < -0.4 is 10.1 Å². The van der Waals surface area contributed by atoms with Crippen LogP contribution in [0.15, 0.2) is 50.8 Å². The van der Waals surface area contributed by atoms with Crippen molar-refractivity contribution < 1.29 is 19.0 Å². The molecule has 1 fully saturated rings. The number of carbonyl (C=O) groups is 1. The third-order valence-corrected chi connectivity index (χ3v) is 4.97. The largest absolute Gasteiger partial charge is 0.504 e. The van der Waals surface area contributed by atoms with Crippen molar-refractivity contribution in [2.75, 3.05) is 6.61 Å². The minimum atomic E-state index is -0.347. The van der Waals surface area contributed by atoms with Crippen LogP contribution in [0, 0.1) is 5.82 Å². The molecule has 0 aromatic heterocycles. The molecule has 0 atom stereocenters. The van der Waals surface area contributed by atoms with Gasteiger partial charge < -0.3 is 15.2 Å². The molecule has 1 aliphatic heterocycles. The molecule has 0 bridgehead atoms. The van der Waals surface area contributed by atoms with Crippen molar-refractivity contribution in [2.45, 2.75) is 6.92 Å². The van der Waals surface area contributed by atoms with E-state index in [2.05, 4.69) is 26.2 Å². The van der Waals surface area contributed by atoms with Crippen LogP contribution >= 0.6 is 27.7 Å². The zero-order valence-electron chi connectivity index (χ0n) is 13.6. The normalized spacial score (nSPS) is 17.0. The number of ether oxygens (including phenoxy) is 1. The molecule has 134 valence electrons. The molecule has 8 heteroatoms. The number of amidine groups is 1. The summed E-state index contributed by atoms with van der Waals surface area (Å²) in [5, 5.41) is 13.0. The zero-order chi connectivity index (χ0) is 18.7. The van der Waals surface area contributed by atoms with Crippen LogP contribution in [0.2, 0.25) is 0 Å². The number of rotatable bonds is 4. The van der Waals surface area contributed by atoms with Crippen molar-refractivity contribution in [2.24, 2.45) is 4.99 Å². The maximum atomic E-state index is 13.0. The summed E-state index contributed by atoms with van der Waals surface area (Å²) < 4.78 is 19.0. The van der Waals surface area contributed by atoms with E-state index in [9.17, 15) is 14.3 Å². The first-order chi connectivity index (χ1) is 12.5. The molecule has 1 saturated heterocycles. The number of hydrogen-bond donors (Lipinski definition) is 2. The Kier molecular flexibility index (Phi) is 5.63. The fraction of sp³-hybridized carbons (Fsp3) is 0.111.